The number of aliphatic hydroxyl groups excluding tert-OH is 1. The van der Waals surface area contributed by atoms with Crippen LogP contribution in [0.4, 0.5) is 0 Å². The zero-order valence-corrected chi connectivity index (χ0v) is 12.7. The summed E-state index contributed by atoms with van der Waals surface area (Å²) in [6, 6.07) is 14.9. The number of ether oxygens (including phenoxy) is 1. The fraction of sp³-hybridized carbons (Fsp3) is 0.278. The molecular weight excluding hydrogens is 278 g/mol. The van der Waals surface area contributed by atoms with Gasteiger partial charge in [-0.05, 0) is 48.2 Å². The Kier molecular flexibility index (Phi) is 6.25. The number of hydrogen-bond acceptors (Lipinski definition) is 4. The molecule has 3 N–H and O–H groups in total. The number of aromatic hydroxyl groups is 1. The maximum atomic E-state index is 9.95. The van der Waals surface area contributed by atoms with Gasteiger partial charge >= 0.3 is 0 Å². The molecular formula is C18H22NO3. The summed E-state index contributed by atoms with van der Waals surface area (Å²) in [5.41, 5.74) is 2.09. The number of aliphatic hydroxyl groups is 1. The van der Waals surface area contributed by atoms with Gasteiger partial charge in [-0.2, -0.15) is 0 Å². The lowest BCUT2D eigenvalue weighted by Crippen LogP contribution is -2.27. The maximum absolute atomic E-state index is 9.95. The van der Waals surface area contributed by atoms with Crippen molar-refractivity contribution in [3.63, 3.8) is 0 Å². The quantitative estimate of drug-likeness (QED) is 0.700. The molecule has 0 aliphatic heterocycles. The van der Waals surface area contributed by atoms with E-state index >= 15 is 0 Å². The van der Waals surface area contributed by atoms with E-state index in [2.05, 4.69) is 5.32 Å². The molecule has 1 radical (unpaired) electrons. The Balaban J connectivity index is 1.70. The summed E-state index contributed by atoms with van der Waals surface area (Å²) in [5.74, 6) is 1.08. The minimum atomic E-state index is -0.534. The van der Waals surface area contributed by atoms with Gasteiger partial charge in [0.25, 0.3) is 0 Å². The van der Waals surface area contributed by atoms with Crippen molar-refractivity contribution in [1.82, 2.24) is 5.32 Å². The monoisotopic (exact) mass is 300 g/mol. The normalized spacial score (nSPS) is 12.1. The molecule has 0 amide bonds. The Morgan fingerprint density at radius 2 is 1.91 bits per heavy atom. The Hall–Kier alpha value is -2.04. The van der Waals surface area contributed by atoms with Crippen molar-refractivity contribution >= 4 is 0 Å². The number of phenolic OH excluding ortho intramolecular Hbond substituents is 1. The molecule has 0 aliphatic carbocycles. The molecule has 1 atom stereocenters. The Labute approximate surface area is 131 Å². The molecule has 0 aromatic heterocycles. The lowest BCUT2D eigenvalue weighted by atomic mass is 10.1. The van der Waals surface area contributed by atoms with Gasteiger partial charge in [0, 0.05) is 13.1 Å². The van der Waals surface area contributed by atoms with Crippen molar-refractivity contribution in [2.75, 3.05) is 13.7 Å². The highest BCUT2D eigenvalue weighted by Gasteiger charge is 2.05. The van der Waals surface area contributed by atoms with Gasteiger partial charge in [-0.25, -0.2) is 0 Å². The molecule has 0 fully saturated rings. The van der Waals surface area contributed by atoms with Gasteiger partial charge in [-0.1, -0.05) is 24.3 Å². The first kappa shape index (κ1) is 16.3. The van der Waals surface area contributed by atoms with E-state index in [4.69, 9.17) is 4.74 Å². The highest BCUT2D eigenvalue weighted by atomic mass is 16.5. The van der Waals surface area contributed by atoms with Crippen LogP contribution in [0, 0.1) is 6.42 Å². The molecule has 0 aliphatic rings. The van der Waals surface area contributed by atoms with Crippen molar-refractivity contribution in [3.05, 3.63) is 66.1 Å². The average Bonchev–Trinajstić information content (AvgIpc) is 2.53. The summed E-state index contributed by atoms with van der Waals surface area (Å²) in [7, 11) is 1.65. The van der Waals surface area contributed by atoms with Crippen LogP contribution in [-0.4, -0.2) is 30.0 Å². The number of methoxy groups -OCH3 is 1. The minimum absolute atomic E-state index is 0.247. The first-order valence-corrected chi connectivity index (χ1v) is 7.30. The first-order valence-electron chi connectivity index (χ1n) is 7.30. The number of hydrogen-bond donors (Lipinski definition) is 3. The molecule has 0 saturated heterocycles. The SMILES string of the molecule is COc1cccc(CNC[C@H](O)[CH]Cc2cccc(O)c2)c1. The third kappa shape index (κ3) is 5.39. The Bertz CT molecular complexity index is 586. The second kappa shape index (κ2) is 8.41. The van der Waals surface area contributed by atoms with Gasteiger partial charge in [0.05, 0.1) is 13.2 Å². The van der Waals surface area contributed by atoms with Crippen molar-refractivity contribution in [1.29, 1.82) is 0 Å². The molecule has 0 unspecified atom stereocenters. The van der Waals surface area contributed by atoms with Crippen molar-refractivity contribution < 1.29 is 14.9 Å². The predicted molar refractivity (Wildman–Crippen MR) is 86.8 cm³/mol. The predicted octanol–water partition coefficient (Wildman–Crippen LogP) is 2.30. The first-order chi connectivity index (χ1) is 10.7. The van der Waals surface area contributed by atoms with Crippen LogP contribution < -0.4 is 10.1 Å². The van der Waals surface area contributed by atoms with Gasteiger partial charge in [0.2, 0.25) is 0 Å². The summed E-state index contributed by atoms with van der Waals surface area (Å²) in [4.78, 5) is 0. The van der Waals surface area contributed by atoms with Crippen LogP contribution >= 0.6 is 0 Å². The molecule has 4 heteroatoms. The van der Waals surface area contributed by atoms with E-state index in [0.29, 0.717) is 19.5 Å². The second-order valence-electron chi connectivity index (χ2n) is 5.16. The highest BCUT2D eigenvalue weighted by Crippen LogP contribution is 2.13. The molecule has 0 bridgehead atoms. The zero-order chi connectivity index (χ0) is 15.8. The molecule has 0 heterocycles. The third-order valence-corrected chi connectivity index (χ3v) is 3.35. The molecule has 2 rings (SSSR count). The number of nitrogens with one attached hydrogen (secondary N) is 1. The molecule has 117 valence electrons. The molecule has 2 aromatic rings. The number of phenols is 1. The van der Waals surface area contributed by atoms with Crippen LogP contribution in [0.2, 0.25) is 0 Å². The lowest BCUT2D eigenvalue weighted by Gasteiger charge is -2.12. The Morgan fingerprint density at radius 3 is 2.68 bits per heavy atom. The van der Waals surface area contributed by atoms with E-state index in [-0.39, 0.29) is 5.75 Å². The van der Waals surface area contributed by atoms with E-state index in [9.17, 15) is 10.2 Å². The van der Waals surface area contributed by atoms with Crippen LogP contribution in [-0.2, 0) is 13.0 Å². The van der Waals surface area contributed by atoms with Crippen LogP contribution in [0.5, 0.6) is 11.5 Å². The van der Waals surface area contributed by atoms with Crippen LogP contribution in [0.3, 0.4) is 0 Å². The van der Waals surface area contributed by atoms with Crippen molar-refractivity contribution in [2.24, 2.45) is 0 Å². The van der Waals surface area contributed by atoms with Gasteiger partial charge in [0.1, 0.15) is 11.5 Å². The number of rotatable bonds is 8. The van der Waals surface area contributed by atoms with Gasteiger partial charge < -0.3 is 20.3 Å². The van der Waals surface area contributed by atoms with Crippen LogP contribution in [0.15, 0.2) is 48.5 Å². The standard InChI is InChI=1S/C18H22NO3/c1-22-18-7-3-5-15(11-18)12-19-13-17(21)9-8-14-4-2-6-16(20)10-14/h2-7,9-11,17,19-21H,8,12-13H2,1H3/t17-/m1/s1. The van der Waals surface area contributed by atoms with Gasteiger partial charge in [-0.15, -0.1) is 0 Å². The topological polar surface area (TPSA) is 61.7 Å². The summed E-state index contributed by atoms with van der Waals surface area (Å²) >= 11 is 0. The second-order valence-corrected chi connectivity index (χ2v) is 5.16. The molecule has 4 nitrogen and oxygen atoms in total. The average molecular weight is 300 g/mol. The summed E-state index contributed by atoms with van der Waals surface area (Å²) in [5, 5.41) is 22.6. The molecule has 22 heavy (non-hydrogen) atoms. The maximum Gasteiger partial charge on any atom is 0.119 e. The fourth-order valence-electron chi connectivity index (χ4n) is 2.19. The van der Waals surface area contributed by atoms with Crippen LogP contribution in [0.1, 0.15) is 11.1 Å². The highest BCUT2D eigenvalue weighted by molar-refractivity contribution is 5.29. The van der Waals surface area contributed by atoms with E-state index in [1.54, 1.807) is 25.3 Å². The van der Waals surface area contributed by atoms with Crippen molar-refractivity contribution in [3.8, 4) is 11.5 Å². The zero-order valence-electron chi connectivity index (χ0n) is 12.7. The van der Waals surface area contributed by atoms with E-state index in [1.807, 2.05) is 36.8 Å². The van der Waals surface area contributed by atoms with Gasteiger partial charge in [0.15, 0.2) is 0 Å². The summed E-state index contributed by atoms with van der Waals surface area (Å²) in [6.45, 7) is 1.16. The summed E-state index contributed by atoms with van der Waals surface area (Å²) in [6.07, 6.45) is 1.91. The largest absolute Gasteiger partial charge is 0.508 e. The minimum Gasteiger partial charge on any atom is -0.508 e. The van der Waals surface area contributed by atoms with Crippen LogP contribution in [0.25, 0.3) is 0 Å². The molecule has 0 saturated carbocycles. The van der Waals surface area contributed by atoms with E-state index < -0.39 is 6.10 Å². The third-order valence-electron chi connectivity index (χ3n) is 3.35. The molecule has 2 aromatic carbocycles. The fourth-order valence-corrected chi connectivity index (χ4v) is 2.19. The van der Waals surface area contributed by atoms with Crippen molar-refractivity contribution in [2.45, 2.75) is 19.1 Å². The smallest absolute Gasteiger partial charge is 0.119 e. The number of benzene rings is 2. The summed E-state index contributed by atoms with van der Waals surface area (Å²) < 4.78 is 5.18. The molecule has 0 spiro atoms. The van der Waals surface area contributed by atoms with E-state index in [1.165, 1.54) is 0 Å². The van der Waals surface area contributed by atoms with Gasteiger partial charge in [-0.3, -0.25) is 0 Å². The van der Waals surface area contributed by atoms with E-state index in [0.717, 1.165) is 16.9 Å². The lowest BCUT2D eigenvalue weighted by molar-refractivity contribution is 0.200. The Morgan fingerprint density at radius 1 is 1.14 bits per heavy atom.